The number of hydrogen-bond donors (Lipinski definition) is 0. The number of allylic oxidation sites excluding steroid dienone is 2. The van der Waals surface area contributed by atoms with Crippen molar-refractivity contribution in [2.24, 2.45) is 0 Å². The second-order valence-corrected chi connectivity index (χ2v) is 8.76. The Labute approximate surface area is 212 Å². The van der Waals surface area contributed by atoms with E-state index < -0.39 is 0 Å². The molecule has 0 saturated heterocycles. The van der Waals surface area contributed by atoms with Crippen LogP contribution in [0.2, 0.25) is 0 Å². The summed E-state index contributed by atoms with van der Waals surface area (Å²) < 4.78 is 0. The molecule has 0 radical (unpaired) electrons. The molecule has 0 aromatic heterocycles. The van der Waals surface area contributed by atoms with E-state index in [1.54, 1.807) is 0 Å². The largest absolute Gasteiger partial charge is 0.268 e. The standard InChI is InChI=1S/C21H17.C10H15.Hf/c1-2-6-16(7-3-1)10-11-18-14-15-19-13-12-17-8-4-5-9-20(17)21(18)19;1-6-7(2)9(4)10(5)8(6)3;/h1-9,12-13H,10-11,15H2;1-5H3;/q2*-1;. The van der Waals surface area contributed by atoms with Crippen molar-refractivity contribution in [2.45, 2.75) is 53.9 Å². The van der Waals surface area contributed by atoms with Crippen LogP contribution in [0.25, 0.3) is 16.3 Å². The molecule has 0 aliphatic heterocycles. The molecule has 0 nitrogen and oxygen atoms in total. The van der Waals surface area contributed by atoms with Crippen molar-refractivity contribution in [3.63, 3.8) is 0 Å². The fourth-order valence-electron chi connectivity index (χ4n) is 4.64. The first-order valence-electron chi connectivity index (χ1n) is 11.3. The van der Waals surface area contributed by atoms with Gasteiger partial charge in [0.2, 0.25) is 0 Å². The Morgan fingerprint density at radius 1 is 0.750 bits per heavy atom. The third kappa shape index (κ3) is 4.94. The number of hydrogen-bond acceptors (Lipinski definition) is 0. The molecule has 0 spiro atoms. The zero-order valence-corrected chi connectivity index (χ0v) is 23.6. The number of rotatable bonds is 3. The summed E-state index contributed by atoms with van der Waals surface area (Å²) >= 11 is 0. The smallest absolute Gasteiger partial charge is 0 e. The second kappa shape index (κ2) is 10.7. The average molecular weight is 583 g/mol. The topological polar surface area (TPSA) is 0 Å². The average Bonchev–Trinajstić information content (AvgIpc) is 3.31. The molecule has 0 fully saturated rings. The Hall–Kier alpha value is -2.12. The third-order valence-electron chi connectivity index (χ3n) is 7.13. The molecule has 0 unspecified atom stereocenters. The first kappa shape index (κ1) is 24.5. The maximum absolute atomic E-state index is 3.60. The van der Waals surface area contributed by atoms with Gasteiger partial charge in [-0.3, -0.25) is 6.08 Å². The summed E-state index contributed by atoms with van der Waals surface area (Å²) in [5.74, 6) is 0. The van der Waals surface area contributed by atoms with E-state index in [9.17, 15) is 0 Å². The van der Waals surface area contributed by atoms with E-state index in [2.05, 4.69) is 107 Å². The van der Waals surface area contributed by atoms with E-state index in [-0.39, 0.29) is 25.8 Å². The summed E-state index contributed by atoms with van der Waals surface area (Å²) in [6.07, 6.45) is 6.73. The van der Waals surface area contributed by atoms with Crippen molar-refractivity contribution in [1.29, 1.82) is 0 Å². The van der Waals surface area contributed by atoms with Gasteiger partial charge in [-0.1, -0.05) is 113 Å². The Kier molecular flexibility index (Phi) is 8.17. The zero-order chi connectivity index (χ0) is 22.0. The van der Waals surface area contributed by atoms with E-state index in [1.807, 2.05) is 0 Å². The van der Waals surface area contributed by atoms with Crippen LogP contribution in [0.15, 0.2) is 66.7 Å². The molecule has 0 heterocycles. The molecule has 5 rings (SSSR count). The van der Waals surface area contributed by atoms with Crippen molar-refractivity contribution < 1.29 is 25.8 Å². The van der Waals surface area contributed by atoms with Gasteiger partial charge < -0.3 is 0 Å². The van der Waals surface area contributed by atoms with Crippen LogP contribution in [0.5, 0.6) is 0 Å². The maximum Gasteiger partial charge on any atom is 0 e. The minimum absolute atomic E-state index is 0. The van der Waals surface area contributed by atoms with Gasteiger partial charge in [0.15, 0.2) is 0 Å². The maximum atomic E-state index is 3.60. The van der Waals surface area contributed by atoms with E-state index >= 15 is 0 Å². The molecule has 162 valence electrons. The van der Waals surface area contributed by atoms with E-state index in [0.717, 1.165) is 19.3 Å². The Morgan fingerprint density at radius 3 is 2.00 bits per heavy atom. The van der Waals surface area contributed by atoms with Crippen molar-refractivity contribution >= 4 is 16.3 Å². The van der Waals surface area contributed by atoms with Crippen molar-refractivity contribution in [3.05, 3.63) is 117 Å². The fraction of sp³-hybridized carbons (Fsp3) is 0.258. The Morgan fingerprint density at radius 2 is 1.38 bits per heavy atom. The van der Waals surface area contributed by atoms with Crippen LogP contribution in [-0.2, 0) is 38.7 Å². The van der Waals surface area contributed by atoms with Gasteiger partial charge in [0.25, 0.3) is 0 Å². The molecule has 0 atom stereocenters. The Bertz CT molecular complexity index is 1160. The summed E-state index contributed by atoms with van der Waals surface area (Å²) in [4.78, 5) is 0. The van der Waals surface area contributed by atoms with Gasteiger partial charge in [-0.2, -0.15) is 33.4 Å². The van der Waals surface area contributed by atoms with Crippen LogP contribution >= 0.6 is 0 Å². The SMILES string of the molecule is Cc1c(C)c(C)[c-](C)c1C.[C-]1=C(CCc2ccccc2)c2c(ccc3ccccc23)C1.[Hf]. The molecular formula is C31H32Hf-2. The summed E-state index contributed by atoms with van der Waals surface area (Å²) in [6, 6.07) is 23.9. The monoisotopic (exact) mass is 584 g/mol. The summed E-state index contributed by atoms with van der Waals surface area (Å²) in [6.45, 7) is 11.0. The molecule has 4 aromatic rings. The van der Waals surface area contributed by atoms with Crippen molar-refractivity contribution in [2.75, 3.05) is 0 Å². The third-order valence-corrected chi connectivity index (χ3v) is 7.13. The van der Waals surface area contributed by atoms with Crippen LogP contribution < -0.4 is 0 Å². The van der Waals surface area contributed by atoms with Crippen molar-refractivity contribution in [1.82, 2.24) is 0 Å². The summed E-state index contributed by atoms with van der Waals surface area (Å²) in [7, 11) is 0. The van der Waals surface area contributed by atoms with Gasteiger partial charge in [-0.25, -0.2) is 5.57 Å². The van der Waals surface area contributed by atoms with E-state index in [4.69, 9.17) is 0 Å². The van der Waals surface area contributed by atoms with Crippen molar-refractivity contribution in [3.8, 4) is 0 Å². The van der Waals surface area contributed by atoms with Crippen LogP contribution in [0.3, 0.4) is 0 Å². The van der Waals surface area contributed by atoms with Gasteiger partial charge in [0.05, 0.1) is 0 Å². The van der Waals surface area contributed by atoms with Crippen LogP contribution in [0.1, 0.15) is 50.9 Å². The second-order valence-electron chi connectivity index (χ2n) is 8.76. The van der Waals surface area contributed by atoms with Crippen LogP contribution in [-0.4, -0.2) is 0 Å². The first-order valence-corrected chi connectivity index (χ1v) is 11.3. The van der Waals surface area contributed by atoms with Crippen LogP contribution in [0.4, 0.5) is 0 Å². The number of fused-ring (bicyclic) bond motifs is 3. The predicted octanol–water partition coefficient (Wildman–Crippen LogP) is 8.16. The molecule has 32 heavy (non-hydrogen) atoms. The normalized spacial score (nSPS) is 12.0. The van der Waals surface area contributed by atoms with E-state index in [1.165, 1.54) is 60.9 Å². The quantitative estimate of drug-likeness (QED) is 0.169. The van der Waals surface area contributed by atoms with Gasteiger partial charge in [-0.15, -0.1) is 12.0 Å². The minimum Gasteiger partial charge on any atom is -0.268 e. The molecule has 1 heteroatoms. The molecular weight excluding hydrogens is 551 g/mol. The minimum atomic E-state index is 0. The molecule has 0 bridgehead atoms. The molecule has 0 amide bonds. The predicted molar refractivity (Wildman–Crippen MR) is 135 cm³/mol. The summed E-state index contributed by atoms with van der Waals surface area (Å²) in [5.41, 5.74) is 13.0. The van der Waals surface area contributed by atoms with Gasteiger partial charge >= 0.3 is 0 Å². The molecule has 0 saturated carbocycles. The van der Waals surface area contributed by atoms with Gasteiger partial charge in [-0.05, 0) is 17.4 Å². The van der Waals surface area contributed by atoms with Crippen LogP contribution in [0, 0.1) is 40.7 Å². The van der Waals surface area contributed by atoms with Gasteiger partial charge in [0.1, 0.15) is 0 Å². The van der Waals surface area contributed by atoms with E-state index in [0.29, 0.717) is 0 Å². The number of aryl methyl sites for hydroxylation is 1. The Balaban J connectivity index is 0.000000224. The zero-order valence-electron chi connectivity index (χ0n) is 20.0. The molecule has 1 aliphatic carbocycles. The molecule has 4 aromatic carbocycles. The fourth-order valence-corrected chi connectivity index (χ4v) is 4.64. The molecule has 1 aliphatic rings. The number of benzene rings is 3. The van der Waals surface area contributed by atoms with Gasteiger partial charge in [0, 0.05) is 25.8 Å². The summed E-state index contributed by atoms with van der Waals surface area (Å²) in [5, 5.41) is 2.71. The first-order chi connectivity index (χ1) is 15.0. The molecule has 0 N–H and O–H groups in total.